The fourth-order valence-corrected chi connectivity index (χ4v) is 3.93. The molecule has 2 heterocycles. The molecule has 0 saturated carbocycles. The van der Waals surface area contributed by atoms with Crippen molar-refractivity contribution in [2.24, 2.45) is 0 Å². The van der Waals surface area contributed by atoms with Crippen LogP contribution in [0.5, 0.6) is 0 Å². The van der Waals surface area contributed by atoms with Gasteiger partial charge >= 0.3 is 0 Å². The number of fused-ring (bicyclic) bond motifs is 2. The summed E-state index contributed by atoms with van der Waals surface area (Å²) in [5, 5.41) is 5.69. The van der Waals surface area contributed by atoms with Crippen molar-refractivity contribution in [1.29, 1.82) is 0 Å². The van der Waals surface area contributed by atoms with Gasteiger partial charge in [0.1, 0.15) is 0 Å². The van der Waals surface area contributed by atoms with Crippen LogP contribution in [0.4, 0.5) is 0 Å². The second-order valence-electron chi connectivity index (χ2n) is 5.24. The van der Waals surface area contributed by atoms with Gasteiger partial charge in [0, 0.05) is 0 Å². The molecule has 4 heteroatoms. The summed E-state index contributed by atoms with van der Waals surface area (Å²) in [5.41, 5.74) is 6.33. The molecular formula is C15H15N3S. The first-order valence-electron chi connectivity index (χ1n) is 6.67. The SMILES string of the molecule is Cc1ccc2nc(-n3nc(C)c4c3CCC4)sc2c1. The van der Waals surface area contributed by atoms with Gasteiger partial charge in [0.15, 0.2) is 0 Å². The number of thiazole rings is 1. The maximum atomic E-state index is 4.73. The lowest BCUT2D eigenvalue weighted by atomic mass is 10.2. The van der Waals surface area contributed by atoms with Crippen LogP contribution in [0.3, 0.4) is 0 Å². The number of hydrogen-bond donors (Lipinski definition) is 0. The van der Waals surface area contributed by atoms with Crippen LogP contribution in [0.25, 0.3) is 15.3 Å². The predicted molar refractivity (Wildman–Crippen MR) is 78.2 cm³/mol. The molecule has 1 aliphatic rings. The Balaban J connectivity index is 1.93. The Morgan fingerprint density at radius 2 is 2.11 bits per heavy atom. The largest absolute Gasteiger partial charge is 0.218 e. The first kappa shape index (κ1) is 11.2. The van der Waals surface area contributed by atoms with Crippen molar-refractivity contribution in [3.05, 3.63) is 40.7 Å². The van der Waals surface area contributed by atoms with E-state index in [1.807, 2.05) is 0 Å². The quantitative estimate of drug-likeness (QED) is 0.676. The molecule has 0 unspecified atom stereocenters. The monoisotopic (exact) mass is 269 g/mol. The van der Waals surface area contributed by atoms with Crippen molar-refractivity contribution in [2.45, 2.75) is 33.1 Å². The predicted octanol–water partition coefficient (Wildman–Crippen LogP) is 3.59. The summed E-state index contributed by atoms with van der Waals surface area (Å²) in [5.74, 6) is 0. The molecule has 1 aromatic carbocycles. The van der Waals surface area contributed by atoms with E-state index in [4.69, 9.17) is 4.98 Å². The molecule has 0 fully saturated rings. The second kappa shape index (κ2) is 3.90. The molecule has 96 valence electrons. The Bertz CT molecular complexity index is 782. The first-order valence-corrected chi connectivity index (χ1v) is 7.49. The third-order valence-corrected chi connectivity index (χ3v) is 4.84. The maximum absolute atomic E-state index is 4.73. The van der Waals surface area contributed by atoms with E-state index in [1.54, 1.807) is 11.3 Å². The molecule has 0 saturated heterocycles. The molecule has 0 bridgehead atoms. The highest BCUT2D eigenvalue weighted by atomic mass is 32.1. The van der Waals surface area contributed by atoms with E-state index in [0.29, 0.717) is 0 Å². The minimum absolute atomic E-state index is 1.01. The molecule has 0 spiro atoms. The Labute approximate surface area is 115 Å². The minimum atomic E-state index is 1.01. The molecular weight excluding hydrogens is 254 g/mol. The van der Waals surface area contributed by atoms with E-state index in [2.05, 4.69) is 41.8 Å². The van der Waals surface area contributed by atoms with Gasteiger partial charge in [-0.2, -0.15) is 5.10 Å². The van der Waals surface area contributed by atoms with Crippen LogP contribution in [0.2, 0.25) is 0 Å². The van der Waals surface area contributed by atoms with Gasteiger partial charge in [-0.15, -0.1) is 0 Å². The van der Waals surface area contributed by atoms with Crippen LogP contribution < -0.4 is 0 Å². The zero-order valence-corrected chi connectivity index (χ0v) is 11.9. The topological polar surface area (TPSA) is 30.7 Å². The van der Waals surface area contributed by atoms with Crippen LogP contribution in [0.1, 0.15) is 28.9 Å². The molecule has 4 rings (SSSR count). The fraction of sp³-hybridized carbons (Fsp3) is 0.333. The zero-order chi connectivity index (χ0) is 13.0. The summed E-state index contributed by atoms with van der Waals surface area (Å²) in [6.07, 6.45) is 3.55. The van der Waals surface area contributed by atoms with Gasteiger partial charge < -0.3 is 0 Å². The normalized spacial score (nSPS) is 14.2. The van der Waals surface area contributed by atoms with E-state index in [0.717, 1.165) is 17.1 Å². The number of nitrogens with zero attached hydrogens (tertiary/aromatic N) is 3. The van der Waals surface area contributed by atoms with Crippen LogP contribution in [0, 0.1) is 13.8 Å². The maximum Gasteiger partial charge on any atom is 0.211 e. The smallest absolute Gasteiger partial charge is 0.211 e. The van der Waals surface area contributed by atoms with Crippen molar-refractivity contribution in [3.8, 4) is 5.13 Å². The number of aromatic nitrogens is 3. The zero-order valence-electron chi connectivity index (χ0n) is 11.1. The van der Waals surface area contributed by atoms with Crippen molar-refractivity contribution in [3.63, 3.8) is 0 Å². The van der Waals surface area contributed by atoms with Gasteiger partial charge in [-0.3, -0.25) is 0 Å². The molecule has 0 aliphatic heterocycles. The highest BCUT2D eigenvalue weighted by molar-refractivity contribution is 7.20. The molecule has 2 aromatic heterocycles. The summed E-state index contributed by atoms with van der Waals surface area (Å²) in [6, 6.07) is 6.42. The van der Waals surface area contributed by atoms with E-state index in [9.17, 15) is 0 Å². The summed E-state index contributed by atoms with van der Waals surface area (Å²) in [4.78, 5) is 4.73. The third kappa shape index (κ3) is 1.63. The minimum Gasteiger partial charge on any atom is -0.218 e. The highest BCUT2D eigenvalue weighted by Gasteiger charge is 2.22. The Hall–Kier alpha value is -1.68. The summed E-state index contributed by atoms with van der Waals surface area (Å²) < 4.78 is 3.31. The van der Waals surface area contributed by atoms with Gasteiger partial charge in [0.2, 0.25) is 5.13 Å². The van der Waals surface area contributed by atoms with Crippen LogP contribution in [-0.4, -0.2) is 14.8 Å². The van der Waals surface area contributed by atoms with E-state index in [1.165, 1.54) is 40.1 Å². The molecule has 0 radical (unpaired) electrons. The first-order chi connectivity index (χ1) is 9.22. The average Bonchev–Trinajstić information content (AvgIpc) is 3.05. The molecule has 0 amide bonds. The Kier molecular flexibility index (Phi) is 2.30. The van der Waals surface area contributed by atoms with Crippen LogP contribution in [0.15, 0.2) is 18.2 Å². The summed E-state index contributed by atoms with van der Waals surface area (Å²) in [7, 11) is 0. The van der Waals surface area contributed by atoms with Gasteiger partial charge in [-0.05, 0) is 56.4 Å². The van der Waals surface area contributed by atoms with Gasteiger partial charge in [0.25, 0.3) is 0 Å². The highest BCUT2D eigenvalue weighted by Crippen LogP contribution is 2.31. The van der Waals surface area contributed by atoms with E-state index < -0.39 is 0 Å². The number of rotatable bonds is 1. The number of benzene rings is 1. The van der Waals surface area contributed by atoms with Gasteiger partial charge in [-0.1, -0.05) is 17.4 Å². The third-order valence-electron chi connectivity index (χ3n) is 3.84. The molecule has 0 N–H and O–H groups in total. The standard InChI is InChI=1S/C15H15N3S/c1-9-6-7-12-14(8-9)19-15(16-12)18-13-5-3-4-11(13)10(2)17-18/h6-8H,3-5H2,1-2H3. The van der Waals surface area contributed by atoms with Crippen molar-refractivity contribution in [2.75, 3.05) is 0 Å². The summed E-state index contributed by atoms with van der Waals surface area (Å²) >= 11 is 1.73. The molecule has 1 aliphatic carbocycles. The van der Waals surface area contributed by atoms with Crippen molar-refractivity contribution in [1.82, 2.24) is 14.8 Å². The molecule has 3 nitrogen and oxygen atoms in total. The van der Waals surface area contributed by atoms with Crippen molar-refractivity contribution < 1.29 is 0 Å². The Morgan fingerprint density at radius 1 is 1.21 bits per heavy atom. The van der Waals surface area contributed by atoms with Crippen LogP contribution >= 0.6 is 11.3 Å². The number of hydrogen-bond acceptors (Lipinski definition) is 3. The van der Waals surface area contributed by atoms with Gasteiger partial charge in [-0.25, -0.2) is 9.67 Å². The average molecular weight is 269 g/mol. The molecule has 19 heavy (non-hydrogen) atoms. The lowest BCUT2D eigenvalue weighted by Gasteiger charge is -1.99. The van der Waals surface area contributed by atoms with E-state index in [-0.39, 0.29) is 0 Å². The lowest BCUT2D eigenvalue weighted by Crippen LogP contribution is -2.00. The van der Waals surface area contributed by atoms with Crippen molar-refractivity contribution >= 4 is 21.6 Å². The summed E-state index contributed by atoms with van der Waals surface area (Å²) in [6.45, 7) is 4.23. The molecule has 0 atom stereocenters. The Morgan fingerprint density at radius 3 is 3.00 bits per heavy atom. The fourth-order valence-electron chi connectivity index (χ4n) is 2.89. The van der Waals surface area contributed by atoms with Gasteiger partial charge in [0.05, 0.1) is 21.6 Å². The number of aryl methyl sites for hydroxylation is 2. The van der Waals surface area contributed by atoms with Crippen LogP contribution in [-0.2, 0) is 12.8 Å². The second-order valence-corrected chi connectivity index (χ2v) is 6.25. The lowest BCUT2D eigenvalue weighted by molar-refractivity contribution is 0.770. The molecule has 3 aromatic rings. The van der Waals surface area contributed by atoms with E-state index >= 15 is 0 Å².